The Balaban J connectivity index is 1.59. The van der Waals surface area contributed by atoms with Gasteiger partial charge in [0, 0.05) is 21.2 Å². The number of benzene rings is 2. The van der Waals surface area contributed by atoms with E-state index in [1.165, 1.54) is 51.0 Å². The normalized spacial score (nSPS) is 21.6. The third-order valence-corrected chi connectivity index (χ3v) is 9.24. The molecular weight excluding hydrogens is 430 g/mol. The number of rotatable bonds is 3. The van der Waals surface area contributed by atoms with Gasteiger partial charge in [-0.2, -0.15) is 0 Å². The van der Waals surface area contributed by atoms with Gasteiger partial charge in [-0.15, -0.1) is 11.3 Å². The molecule has 1 nitrogen and oxygen atoms in total. The SMILES string of the molecule is CC1(C)CCC(C)(C)c2cc3c(NC4=C(c5ccccc5)CC(C(C)(C)C)C=C4)csc3cc21. The lowest BCUT2D eigenvalue weighted by molar-refractivity contribution is 0.296. The van der Waals surface area contributed by atoms with E-state index < -0.39 is 0 Å². The Bertz CT molecular complexity index is 1280. The minimum Gasteiger partial charge on any atom is -0.354 e. The predicted molar refractivity (Wildman–Crippen MR) is 151 cm³/mol. The van der Waals surface area contributed by atoms with Gasteiger partial charge in [0.1, 0.15) is 0 Å². The van der Waals surface area contributed by atoms with Crippen molar-refractivity contribution in [3.05, 3.63) is 82.4 Å². The molecule has 1 heterocycles. The van der Waals surface area contributed by atoms with Crippen molar-refractivity contribution in [1.82, 2.24) is 0 Å². The fraction of sp³-hybridized carbons (Fsp3) is 0.438. The molecule has 0 radical (unpaired) electrons. The molecule has 1 N–H and O–H groups in total. The molecule has 178 valence electrons. The maximum absolute atomic E-state index is 3.88. The maximum Gasteiger partial charge on any atom is 0.0573 e. The van der Waals surface area contributed by atoms with Crippen LogP contribution in [0.15, 0.2) is 65.7 Å². The van der Waals surface area contributed by atoms with Crippen molar-refractivity contribution in [1.29, 1.82) is 0 Å². The zero-order chi connectivity index (χ0) is 24.3. The summed E-state index contributed by atoms with van der Waals surface area (Å²) in [6.45, 7) is 16.7. The summed E-state index contributed by atoms with van der Waals surface area (Å²) >= 11 is 1.87. The number of allylic oxidation sites excluding steroid dienone is 3. The van der Waals surface area contributed by atoms with Crippen molar-refractivity contribution in [3.8, 4) is 0 Å². The highest BCUT2D eigenvalue weighted by Gasteiger charge is 2.37. The molecule has 0 fully saturated rings. The van der Waals surface area contributed by atoms with Crippen molar-refractivity contribution in [2.75, 3.05) is 5.32 Å². The first kappa shape index (κ1) is 23.4. The summed E-state index contributed by atoms with van der Waals surface area (Å²) in [5.74, 6) is 0.530. The molecule has 1 aromatic heterocycles. The number of thiophene rings is 1. The zero-order valence-electron chi connectivity index (χ0n) is 21.9. The largest absolute Gasteiger partial charge is 0.354 e. The van der Waals surface area contributed by atoms with E-state index >= 15 is 0 Å². The fourth-order valence-electron chi connectivity index (χ4n) is 5.67. The number of hydrogen-bond acceptors (Lipinski definition) is 2. The van der Waals surface area contributed by atoms with Crippen LogP contribution >= 0.6 is 11.3 Å². The average molecular weight is 470 g/mol. The van der Waals surface area contributed by atoms with E-state index in [2.05, 4.69) is 114 Å². The van der Waals surface area contributed by atoms with Gasteiger partial charge < -0.3 is 5.32 Å². The van der Waals surface area contributed by atoms with Crippen LogP contribution in [0.1, 0.15) is 84.4 Å². The Kier molecular flexibility index (Phi) is 5.60. The molecule has 0 bridgehead atoms. The topological polar surface area (TPSA) is 12.0 Å². The van der Waals surface area contributed by atoms with E-state index in [0.717, 1.165) is 6.42 Å². The number of hydrogen-bond donors (Lipinski definition) is 1. The van der Waals surface area contributed by atoms with Crippen LogP contribution in [0.3, 0.4) is 0 Å². The summed E-state index contributed by atoms with van der Waals surface area (Å²) in [6, 6.07) is 15.9. The van der Waals surface area contributed by atoms with Gasteiger partial charge in [-0.05, 0) is 81.9 Å². The summed E-state index contributed by atoms with van der Waals surface area (Å²) in [7, 11) is 0. The van der Waals surface area contributed by atoms with Crippen LogP contribution in [0.25, 0.3) is 15.7 Å². The molecule has 2 aromatic carbocycles. The Morgan fingerprint density at radius 3 is 2.21 bits per heavy atom. The third-order valence-electron chi connectivity index (χ3n) is 8.30. The van der Waals surface area contributed by atoms with Crippen molar-refractivity contribution in [2.45, 2.75) is 78.6 Å². The molecule has 0 amide bonds. The molecule has 2 aliphatic rings. The molecule has 2 heteroatoms. The van der Waals surface area contributed by atoms with Crippen LogP contribution in [0.5, 0.6) is 0 Å². The van der Waals surface area contributed by atoms with E-state index in [1.807, 2.05) is 11.3 Å². The molecule has 0 saturated heterocycles. The molecular formula is C32H39NS. The highest BCUT2D eigenvalue weighted by Crippen LogP contribution is 2.49. The summed E-state index contributed by atoms with van der Waals surface area (Å²) in [6.07, 6.45) is 8.30. The van der Waals surface area contributed by atoms with E-state index in [0.29, 0.717) is 5.92 Å². The standard InChI is InChI=1S/C32H39NS/c1-30(2,3)22-13-14-27(23(17-22)21-11-9-8-10-12-21)33-28-20-34-29-19-26-25(18-24(28)29)31(4,5)15-16-32(26,6)7/h8-14,18-20,22,33H,15-17H2,1-7H3. The lowest BCUT2D eigenvalue weighted by atomic mass is 9.63. The van der Waals surface area contributed by atoms with E-state index in [-0.39, 0.29) is 16.2 Å². The highest BCUT2D eigenvalue weighted by molar-refractivity contribution is 7.17. The second-order valence-electron chi connectivity index (χ2n) is 12.7. The molecule has 3 aromatic rings. The van der Waals surface area contributed by atoms with Crippen LogP contribution in [0.4, 0.5) is 5.69 Å². The number of fused-ring (bicyclic) bond motifs is 2. The Hall–Kier alpha value is -2.32. The third kappa shape index (κ3) is 4.15. The summed E-state index contributed by atoms with van der Waals surface area (Å²) in [4.78, 5) is 0. The minimum absolute atomic E-state index is 0.220. The van der Waals surface area contributed by atoms with Crippen molar-refractivity contribution < 1.29 is 0 Å². The second-order valence-corrected chi connectivity index (χ2v) is 13.6. The average Bonchev–Trinajstić information content (AvgIpc) is 3.18. The summed E-state index contributed by atoms with van der Waals surface area (Å²) < 4.78 is 1.39. The molecule has 1 atom stereocenters. The summed E-state index contributed by atoms with van der Waals surface area (Å²) in [5, 5.41) is 7.56. The Morgan fingerprint density at radius 1 is 0.912 bits per heavy atom. The van der Waals surface area contributed by atoms with Gasteiger partial charge in [-0.3, -0.25) is 0 Å². The highest BCUT2D eigenvalue weighted by atomic mass is 32.1. The Morgan fingerprint density at radius 2 is 1.56 bits per heavy atom. The van der Waals surface area contributed by atoms with Gasteiger partial charge >= 0.3 is 0 Å². The fourth-order valence-corrected chi connectivity index (χ4v) is 6.58. The van der Waals surface area contributed by atoms with Gasteiger partial charge in [0.15, 0.2) is 0 Å². The molecule has 0 spiro atoms. The van der Waals surface area contributed by atoms with Gasteiger partial charge in [-0.1, -0.05) is 84.9 Å². The van der Waals surface area contributed by atoms with E-state index in [1.54, 1.807) is 5.56 Å². The van der Waals surface area contributed by atoms with Gasteiger partial charge in [0.05, 0.1) is 5.69 Å². The molecule has 0 saturated carbocycles. The quantitative estimate of drug-likeness (QED) is 0.402. The lowest BCUT2D eigenvalue weighted by Crippen LogP contribution is -2.33. The predicted octanol–water partition coefficient (Wildman–Crippen LogP) is 9.70. The first-order valence-corrected chi connectivity index (χ1v) is 13.6. The van der Waals surface area contributed by atoms with Crippen molar-refractivity contribution in [3.63, 3.8) is 0 Å². The van der Waals surface area contributed by atoms with Crippen LogP contribution < -0.4 is 5.32 Å². The van der Waals surface area contributed by atoms with Crippen LogP contribution in [0.2, 0.25) is 0 Å². The monoisotopic (exact) mass is 469 g/mol. The second kappa shape index (κ2) is 8.12. The van der Waals surface area contributed by atoms with Gasteiger partial charge in [0.2, 0.25) is 0 Å². The van der Waals surface area contributed by atoms with Crippen LogP contribution in [0, 0.1) is 11.3 Å². The maximum atomic E-state index is 3.88. The number of anilines is 1. The molecule has 1 unspecified atom stereocenters. The number of nitrogens with one attached hydrogen (secondary N) is 1. The van der Waals surface area contributed by atoms with E-state index in [9.17, 15) is 0 Å². The zero-order valence-corrected chi connectivity index (χ0v) is 22.7. The van der Waals surface area contributed by atoms with Gasteiger partial charge in [-0.25, -0.2) is 0 Å². The lowest BCUT2D eigenvalue weighted by Gasteiger charge is -2.42. The van der Waals surface area contributed by atoms with Gasteiger partial charge in [0.25, 0.3) is 0 Å². The smallest absolute Gasteiger partial charge is 0.0573 e. The summed E-state index contributed by atoms with van der Waals surface area (Å²) in [5.41, 5.74) is 9.00. The first-order valence-electron chi connectivity index (χ1n) is 12.8. The van der Waals surface area contributed by atoms with Crippen molar-refractivity contribution in [2.24, 2.45) is 11.3 Å². The molecule has 5 rings (SSSR count). The first-order chi connectivity index (χ1) is 16.0. The van der Waals surface area contributed by atoms with Crippen molar-refractivity contribution >= 4 is 32.7 Å². The van der Waals surface area contributed by atoms with Crippen LogP contribution in [-0.4, -0.2) is 0 Å². The molecule has 34 heavy (non-hydrogen) atoms. The van der Waals surface area contributed by atoms with Crippen LogP contribution in [-0.2, 0) is 10.8 Å². The molecule has 0 aliphatic heterocycles. The molecule has 2 aliphatic carbocycles. The minimum atomic E-state index is 0.220. The van der Waals surface area contributed by atoms with E-state index in [4.69, 9.17) is 0 Å². The Labute approximate surface area is 210 Å².